The highest BCUT2D eigenvalue weighted by Crippen LogP contribution is 2.05. The maximum Gasteiger partial charge on any atom is 0.320 e. The number of carboxylic acids is 1. The van der Waals surface area contributed by atoms with Gasteiger partial charge in [-0.05, 0) is 32.6 Å². The lowest BCUT2D eigenvalue weighted by Crippen LogP contribution is -2.40. The highest BCUT2D eigenvalue weighted by atomic mass is 16.4. The molecule has 0 amide bonds. The first-order valence-corrected chi connectivity index (χ1v) is 8.90. The van der Waals surface area contributed by atoms with Crippen molar-refractivity contribution in [2.75, 3.05) is 13.1 Å². The fourth-order valence-corrected chi connectivity index (χ4v) is 2.25. The highest BCUT2D eigenvalue weighted by Gasteiger charge is 2.18. The molecule has 1 unspecified atom stereocenters. The zero-order valence-electron chi connectivity index (χ0n) is 14.8. The number of unbranched alkanes of at least 4 members (excludes halogenated alkanes) is 4. The molecular weight excluding hydrogens is 274 g/mol. The quantitative estimate of drug-likeness (QED) is 0.361. The minimum atomic E-state index is -0.732. The number of rotatable bonds is 14. The van der Waals surface area contributed by atoms with Crippen molar-refractivity contribution in [3.63, 3.8) is 0 Å². The number of hydrogen-bond acceptors (Lipinski definition) is 2. The maximum atomic E-state index is 11.2. The van der Waals surface area contributed by atoms with E-state index < -0.39 is 12.0 Å². The van der Waals surface area contributed by atoms with E-state index in [4.69, 9.17) is 0 Å². The van der Waals surface area contributed by atoms with E-state index >= 15 is 0 Å². The van der Waals surface area contributed by atoms with E-state index in [9.17, 15) is 9.90 Å². The second-order valence-electron chi connectivity index (χ2n) is 5.85. The predicted octanol–water partition coefficient (Wildman–Crippen LogP) is 5.03. The van der Waals surface area contributed by atoms with Crippen LogP contribution in [0.1, 0.15) is 72.1 Å². The van der Waals surface area contributed by atoms with Gasteiger partial charge in [0.2, 0.25) is 0 Å². The van der Waals surface area contributed by atoms with Gasteiger partial charge in [-0.25, -0.2) is 0 Å². The van der Waals surface area contributed by atoms with Crippen molar-refractivity contribution in [1.29, 1.82) is 0 Å². The Balaban J connectivity index is 4.13. The van der Waals surface area contributed by atoms with Crippen molar-refractivity contribution < 1.29 is 9.90 Å². The summed E-state index contributed by atoms with van der Waals surface area (Å²) in [6.07, 6.45) is 17.8. The van der Waals surface area contributed by atoms with Gasteiger partial charge in [0, 0.05) is 13.1 Å². The van der Waals surface area contributed by atoms with Crippen LogP contribution in [0, 0.1) is 0 Å². The van der Waals surface area contributed by atoms with Gasteiger partial charge in [-0.2, -0.15) is 0 Å². The lowest BCUT2D eigenvalue weighted by Gasteiger charge is -2.25. The molecule has 0 bridgehead atoms. The van der Waals surface area contributed by atoms with Crippen LogP contribution in [-0.4, -0.2) is 35.1 Å². The molecule has 22 heavy (non-hydrogen) atoms. The van der Waals surface area contributed by atoms with Crippen LogP contribution in [0.4, 0.5) is 0 Å². The first-order valence-electron chi connectivity index (χ1n) is 8.90. The van der Waals surface area contributed by atoms with Gasteiger partial charge < -0.3 is 5.11 Å². The average molecular weight is 309 g/mol. The average Bonchev–Trinajstić information content (AvgIpc) is 2.51. The molecule has 1 atom stereocenters. The summed E-state index contributed by atoms with van der Waals surface area (Å²) in [6.45, 7) is 7.80. The molecule has 3 heteroatoms. The van der Waals surface area contributed by atoms with Crippen LogP contribution in [0.5, 0.6) is 0 Å². The molecule has 1 N–H and O–H groups in total. The Labute approximate surface area is 137 Å². The lowest BCUT2D eigenvalue weighted by atomic mass is 10.2. The lowest BCUT2D eigenvalue weighted by molar-refractivity contribution is -0.142. The van der Waals surface area contributed by atoms with Crippen molar-refractivity contribution in [3.05, 3.63) is 24.3 Å². The molecule has 0 aromatic carbocycles. The largest absolute Gasteiger partial charge is 0.480 e. The summed E-state index contributed by atoms with van der Waals surface area (Å²) in [5.74, 6) is -0.732. The Morgan fingerprint density at radius 1 is 0.909 bits per heavy atom. The van der Waals surface area contributed by atoms with Crippen LogP contribution < -0.4 is 0 Å². The van der Waals surface area contributed by atoms with E-state index in [0.717, 1.165) is 38.8 Å². The third-order valence-corrected chi connectivity index (χ3v) is 3.85. The van der Waals surface area contributed by atoms with Crippen molar-refractivity contribution in [2.24, 2.45) is 0 Å². The van der Waals surface area contributed by atoms with Gasteiger partial charge in [-0.1, -0.05) is 63.8 Å². The summed E-state index contributed by atoms with van der Waals surface area (Å²) in [4.78, 5) is 13.3. The SMILES string of the molecule is CCCC/C=C\CCN(CC/C=C/CCCC)C(C)C(=O)O. The summed E-state index contributed by atoms with van der Waals surface area (Å²) in [7, 11) is 0. The van der Waals surface area contributed by atoms with Crippen molar-refractivity contribution >= 4 is 5.97 Å². The maximum absolute atomic E-state index is 11.2. The van der Waals surface area contributed by atoms with Gasteiger partial charge in [0.15, 0.2) is 0 Å². The van der Waals surface area contributed by atoms with Gasteiger partial charge in [-0.3, -0.25) is 9.69 Å². The van der Waals surface area contributed by atoms with Crippen LogP contribution in [0.15, 0.2) is 24.3 Å². The third kappa shape index (κ3) is 11.6. The van der Waals surface area contributed by atoms with Crippen molar-refractivity contribution in [2.45, 2.75) is 78.2 Å². The zero-order valence-corrected chi connectivity index (χ0v) is 14.8. The molecule has 0 saturated carbocycles. The third-order valence-electron chi connectivity index (χ3n) is 3.85. The van der Waals surface area contributed by atoms with Gasteiger partial charge in [0.05, 0.1) is 0 Å². The summed E-state index contributed by atoms with van der Waals surface area (Å²) >= 11 is 0. The molecule has 0 radical (unpaired) electrons. The Hall–Kier alpha value is -1.09. The molecule has 0 fully saturated rings. The molecule has 0 aliphatic rings. The predicted molar refractivity (Wildman–Crippen MR) is 95.2 cm³/mol. The van der Waals surface area contributed by atoms with E-state index in [2.05, 4.69) is 43.1 Å². The molecule has 0 heterocycles. The number of carbonyl (C=O) groups is 1. The first kappa shape index (κ1) is 20.9. The highest BCUT2D eigenvalue weighted by molar-refractivity contribution is 5.72. The van der Waals surface area contributed by atoms with E-state index in [1.807, 2.05) is 0 Å². The number of hydrogen-bond donors (Lipinski definition) is 1. The van der Waals surface area contributed by atoms with Crippen LogP contribution in [0.25, 0.3) is 0 Å². The molecule has 0 spiro atoms. The normalized spacial score (nSPS) is 13.5. The smallest absolute Gasteiger partial charge is 0.320 e. The van der Waals surface area contributed by atoms with Gasteiger partial charge in [-0.15, -0.1) is 0 Å². The van der Waals surface area contributed by atoms with E-state index in [-0.39, 0.29) is 0 Å². The summed E-state index contributed by atoms with van der Waals surface area (Å²) in [5, 5.41) is 9.22. The van der Waals surface area contributed by atoms with Crippen LogP contribution >= 0.6 is 0 Å². The summed E-state index contributed by atoms with van der Waals surface area (Å²) in [6, 6.07) is -0.409. The van der Waals surface area contributed by atoms with E-state index in [0.29, 0.717) is 0 Å². The zero-order chi connectivity index (χ0) is 16.6. The Morgan fingerprint density at radius 2 is 1.32 bits per heavy atom. The molecule has 0 aromatic rings. The molecule has 0 aromatic heterocycles. The van der Waals surface area contributed by atoms with Gasteiger partial charge >= 0.3 is 5.97 Å². The summed E-state index contributed by atoms with van der Waals surface area (Å²) in [5.41, 5.74) is 0. The number of allylic oxidation sites excluding steroid dienone is 2. The Bertz CT molecular complexity index is 301. The second-order valence-corrected chi connectivity index (χ2v) is 5.85. The molecule has 0 saturated heterocycles. The second kappa shape index (κ2) is 14.8. The fraction of sp³-hybridized carbons (Fsp3) is 0.737. The topological polar surface area (TPSA) is 40.5 Å². The molecule has 3 nitrogen and oxygen atoms in total. The number of nitrogens with zero attached hydrogens (tertiary/aromatic N) is 1. The van der Waals surface area contributed by atoms with E-state index in [1.165, 1.54) is 25.7 Å². The van der Waals surface area contributed by atoms with Crippen molar-refractivity contribution in [1.82, 2.24) is 4.90 Å². The minimum Gasteiger partial charge on any atom is -0.480 e. The number of carboxylic acid groups (broad SMARTS) is 1. The van der Waals surface area contributed by atoms with Crippen LogP contribution in [0.3, 0.4) is 0 Å². The first-order chi connectivity index (χ1) is 10.6. The Morgan fingerprint density at radius 3 is 1.68 bits per heavy atom. The summed E-state index contributed by atoms with van der Waals surface area (Å²) < 4.78 is 0. The molecular formula is C19H35NO2. The monoisotopic (exact) mass is 309 g/mol. The molecule has 0 rings (SSSR count). The van der Waals surface area contributed by atoms with Gasteiger partial charge in [0.25, 0.3) is 0 Å². The van der Waals surface area contributed by atoms with Crippen LogP contribution in [0.2, 0.25) is 0 Å². The Kier molecular flexibility index (Phi) is 14.1. The minimum absolute atomic E-state index is 0.409. The molecule has 0 aliphatic heterocycles. The fourth-order valence-electron chi connectivity index (χ4n) is 2.25. The van der Waals surface area contributed by atoms with Crippen LogP contribution in [-0.2, 0) is 4.79 Å². The molecule has 0 aliphatic carbocycles. The molecule has 128 valence electrons. The van der Waals surface area contributed by atoms with Crippen molar-refractivity contribution in [3.8, 4) is 0 Å². The van der Waals surface area contributed by atoms with E-state index in [1.54, 1.807) is 6.92 Å². The van der Waals surface area contributed by atoms with Gasteiger partial charge in [0.1, 0.15) is 6.04 Å². The number of aliphatic carboxylic acids is 1. The standard InChI is InChI=1S/C19H35NO2/c1-4-6-8-10-12-14-16-20(18(3)19(21)22)17-15-13-11-9-7-5-2/h10-13,18H,4-9,14-17H2,1-3H3,(H,21,22)/b12-10-,13-11+.